The summed E-state index contributed by atoms with van der Waals surface area (Å²) in [5, 5.41) is 4.95. The van der Waals surface area contributed by atoms with Crippen LogP contribution in [0.4, 0.5) is 0 Å². The van der Waals surface area contributed by atoms with Crippen molar-refractivity contribution in [2.75, 3.05) is 12.8 Å². The maximum Gasteiger partial charge on any atom is 0.115 e. The van der Waals surface area contributed by atoms with Crippen LogP contribution in [-0.4, -0.2) is 23.8 Å². The lowest BCUT2D eigenvalue weighted by atomic mass is 10.1. The molecule has 1 unspecified atom stereocenters. The van der Waals surface area contributed by atoms with Crippen molar-refractivity contribution in [3.05, 3.63) is 23.4 Å². The van der Waals surface area contributed by atoms with Gasteiger partial charge in [0, 0.05) is 18.0 Å². The number of thioether (sulfide) groups is 1. The molecule has 15 heavy (non-hydrogen) atoms. The molecule has 1 aromatic rings. The molecule has 0 fully saturated rings. The Hall–Kier alpha value is -0.250. The predicted molar refractivity (Wildman–Crippen MR) is 67.7 cm³/mol. The van der Waals surface area contributed by atoms with Gasteiger partial charge in [0.1, 0.15) is 5.03 Å². The number of aromatic nitrogens is 1. The minimum absolute atomic E-state index is 0.494. The van der Waals surface area contributed by atoms with Crippen LogP contribution in [0.2, 0.25) is 5.02 Å². The first-order chi connectivity index (χ1) is 7.15. The van der Waals surface area contributed by atoms with E-state index in [1.807, 2.05) is 19.2 Å². The van der Waals surface area contributed by atoms with Gasteiger partial charge < -0.3 is 5.32 Å². The Labute approximate surface area is 101 Å². The molecule has 1 heterocycles. The monoisotopic (exact) mass is 244 g/mol. The topological polar surface area (TPSA) is 24.9 Å². The molecule has 0 aromatic carbocycles. The van der Waals surface area contributed by atoms with Crippen LogP contribution in [-0.2, 0) is 0 Å². The van der Waals surface area contributed by atoms with E-state index in [1.54, 1.807) is 18.0 Å². The van der Waals surface area contributed by atoms with Crippen LogP contribution in [0.15, 0.2) is 23.4 Å². The molecular formula is C11H17ClN2S. The normalized spacial score (nSPS) is 13.1. The predicted octanol–water partition coefficient (Wildman–Crippen LogP) is 3.07. The average Bonchev–Trinajstić information content (AvgIpc) is 2.21. The molecule has 0 spiro atoms. The second-order valence-corrected chi connectivity index (χ2v) is 5.16. The van der Waals surface area contributed by atoms with Gasteiger partial charge in [-0.05, 0) is 25.1 Å². The molecular weight excluding hydrogens is 228 g/mol. The van der Waals surface area contributed by atoms with Gasteiger partial charge in [-0.2, -0.15) is 0 Å². The molecule has 84 valence electrons. The highest BCUT2D eigenvalue weighted by Gasteiger charge is 2.12. The Morgan fingerprint density at radius 1 is 1.53 bits per heavy atom. The number of nitrogens with zero attached hydrogens (tertiary/aromatic N) is 1. The zero-order valence-corrected chi connectivity index (χ0v) is 10.9. The zero-order chi connectivity index (χ0) is 11.3. The van der Waals surface area contributed by atoms with Crippen molar-refractivity contribution in [2.45, 2.75) is 24.9 Å². The van der Waals surface area contributed by atoms with E-state index in [0.29, 0.717) is 12.0 Å². The summed E-state index contributed by atoms with van der Waals surface area (Å²) < 4.78 is 0. The number of hydrogen-bond acceptors (Lipinski definition) is 3. The Morgan fingerprint density at radius 2 is 2.27 bits per heavy atom. The van der Waals surface area contributed by atoms with Gasteiger partial charge in [0.2, 0.25) is 0 Å². The zero-order valence-electron chi connectivity index (χ0n) is 9.33. The van der Waals surface area contributed by atoms with Crippen LogP contribution in [0.3, 0.4) is 0 Å². The van der Waals surface area contributed by atoms with E-state index in [0.717, 1.165) is 15.8 Å². The third-order valence-corrected chi connectivity index (χ3v) is 3.84. The van der Waals surface area contributed by atoms with Crippen LogP contribution in [0, 0.1) is 5.92 Å². The number of rotatable bonds is 5. The summed E-state index contributed by atoms with van der Waals surface area (Å²) in [6.45, 7) is 4.42. The molecule has 1 aromatic heterocycles. The Morgan fingerprint density at radius 3 is 2.80 bits per heavy atom. The van der Waals surface area contributed by atoms with Crippen molar-refractivity contribution in [1.29, 1.82) is 0 Å². The minimum atomic E-state index is 0.494. The molecule has 0 aliphatic heterocycles. The standard InChI is InChI=1S/C11H17ClN2S/c1-8(2)10(13-3)7-15-11-9(12)5-4-6-14-11/h4-6,8,10,13H,7H2,1-3H3. The van der Waals surface area contributed by atoms with E-state index in [4.69, 9.17) is 11.6 Å². The summed E-state index contributed by atoms with van der Waals surface area (Å²) in [5.74, 6) is 1.61. The molecule has 0 bridgehead atoms. The number of hydrogen-bond donors (Lipinski definition) is 1. The van der Waals surface area contributed by atoms with Crippen LogP contribution >= 0.6 is 23.4 Å². The lowest BCUT2D eigenvalue weighted by molar-refractivity contribution is 0.465. The number of nitrogens with one attached hydrogen (secondary N) is 1. The first kappa shape index (κ1) is 12.8. The van der Waals surface area contributed by atoms with Gasteiger partial charge in [-0.3, -0.25) is 0 Å². The van der Waals surface area contributed by atoms with Crippen molar-refractivity contribution < 1.29 is 0 Å². The van der Waals surface area contributed by atoms with Crippen molar-refractivity contribution in [3.63, 3.8) is 0 Å². The summed E-state index contributed by atoms with van der Waals surface area (Å²) in [5.41, 5.74) is 0. The molecule has 0 aliphatic carbocycles. The first-order valence-electron chi connectivity index (χ1n) is 5.05. The summed E-state index contributed by atoms with van der Waals surface area (Å²) in [6, 6.07) is 4.22. The maximum absolute atomic E-state index is 6.03. The molecule has 1 atom stereocenters. The third-order valence-electron chi connectivity index (χ3n) is 2.30. The van der Waals surface area contributed by atoms with Gasteiger partial charge in [-0.15, -0.1) is 11.8 Å². The van der Waals surface area contributed by atoms with Gasteiger partial charge in [-0.1, -0.05) is 25.4 Å². The smallest absolute Gasteiger partial charge is 0.115 e. The molecule has 0 aliphatic rings. The summed E-state index contributed by atoms with van der Waals surface area (Å²) >= 11 is 7.73. The summed E-state index contributed by atoms with van der Waals surface area (Å²) in [4.78, 5) is 4.25. The van der Waals surface area contributed by atoms with Crippen LogP contribution in [0.1, 0.15) is 13.8 Å². The van der Waals surface area contributed by atoms with E-state index in [1.165, 1.54) is 0 Å². The highest BCUT2D eigenvalue weighted by molar-refractivity contribution is 7.99. The van der Waals surface area contributed by atoms with E-state index in [-0.39, 0.29) is 0 Å². The van der Waals surface area contributed by atoms with E-state index in [2.05, 4.69) is 24.1 Å². The Balaban J connectivity index is 2.53. The molecule has 0 saturated heterocycles. The first-order valence-corrected chi connectivity index (χ1v) is 6.42. The summed E-state index contributed by atoms with van der Waals surface area (Å²) in [7, 11) is 1.99. The van der Waals surface area contributed by atoms with E-state index in [9.17, 15) is 0 Å². The van der Waals surface area contributed by atoms with E-state index >= 15 is 0 Å². The fraction of sp³-hybridized carbons (Fsp3) is 0.545. The minimum Gasteiger partial charge on any atom is -0.316 e. The van der Waals surface area contributed by atoms with Gasteiger partial charge in [-0.25, -0.2) is 4.98 Å². The molecule has 1 N–H and O–H groups in total. The van der Waals surface area contributed by atoms with Crippen molar-refractivity contribution in [1.82, 2.24) is 10.3 Å². The van der Waals surface area contributed by atoms with Gasteiger partial charge in [0.15, 0.2) is 0 Å². The molecule has 4 heteroatoms. The largest absolute Gasteiger partial charge is 0.316 e. The quantitative estimate of drug-likeness (QED) is 0.806. The molecule has 0 saturated carbocycles. The Kier molecular flexibility index (Phi) is 5.43. The second-order valence-electron chi connectivity index (χ2n) is 3.74. The van der Waals surface area contributed by atoms with Crippen LogP contribution < -0.4 is 5.32 Å². The van der Waals surface area contributed by atoms with Gasteiger partial charge in [0.05, 0.1) is 5.02 Å². The molecule has 1 rings (SSSR count). The highest BCUT2D eigenvalue weighted by Crippen LogP contribution is 2.25. The lowest BCUT2D eigenvalue weighted by Crippen LogP contribution is -2.32. The third kappa shape index (κ3) is 4.01. The van der Waals surface area contributed by atoms with Crippen molar-refractivity contribution in [2.24, 2.45) is 5.92 Å². The van der Waals surface area contributed by atoms with Gasteiger partial charge >= 0.3 is 0 Å². The SMILES string of the molecule is CNC(CSc1ncccc1Cl)C(C)C. The van der Waals surface area contributed by atoms with Crippen molar-refractivity contribution in [3.8, 4) is 0 Å². The average molecular weight is 245 g/mol. The second kappa shape index (κ2) is 6.36. The maximum atomic E-state index is 6.03. The molecule has 0 amide bonds. The number of pyridine rings is 1. The van der Waals surface area contributed by atoms with Gasteiger partial charge in [0.25, 0.3) is 0 Å². The van der Waals surface area contributed by atoms with Crippen LogP contribution in [0.25, 0.3) is 0 Å². The molecule has 0 radical (unpaired) electrons. The van der Waals surface area contributed by atoms with Crippen molar-refractivity contribution >= 4 is 23.4 Å². The molecule has 2 nitrogen and oxygen atoms in total. The summed E-state index contributed by atoms with van der Waals surface area (Å²) in [6.07, 6.45) is 1.78. The lowest BCUT2D eigenvalue weighted by Gasteiger charge is -2.19. The number of halogens is 1. The van der Waals surface area contributed by atoms with Crippen LogP contribution in [0.5, 0.6) is 0 Å². The van der Waals surface area contributed by atoms with E-state index < -0.39 is 0 Å². The highest BCUT2D eigenvalue weighted by atomic mass is 35.5. The fourth-order valence-corrected chi connectivity index (χ4v) is 2.77. The fourth-order valence-electron chi connectivity index (χ4n) is 1.26. The Bertz CT molecular complexity index is 304.